The molecular weight excluding hydrogens is 328 g/mol. The highest BCUT2D eigenvalue weighted by molar-refractivity contribution is 6.18. The average Bonchev–Trinajstić information content (AvgIpc) is 2.85. The van der Waals surface area contributed by atoms with Gasteiger partial charge in [0, 0.05) is 31.9 Å². The van der Waals surface area contributed by atoms with Crippen LogP contribution in [0.15, 0.2) is 0 Å². The molecule has 2 amide bonds. The zero-order valence-electron chi connectivity index (χ0n) is 15.1. The van der Waals surface area contributed by atoms with Crippen LogP contribution < -0.4 is 5.32 Å². The summed E-state index contributed by atoms with van der Waals surface area (Å²) in [6.07, 6.45) is 4.72. The van der Waals surface area contributed by atoms with Crippen molar-refractivity contribution in [1.29, 1.82) is 0 Å². The predicted octanol–water partition coefficient (Wildman–Crippen LogP) is 3.40. The van der Waals surface area contributed by atoms with Crippen LogP contribution >= 0.6 is 11.6 Å². The number of alkyl carbamates (subject to hydrolysis) is 1. The molecule has 6 heteroatoms. The Bertz CT molecular complexity index is 442. The van der Waals surface area contributed by atoms with Crippen LogP contribution in [0, 0.1) is 17.8 Å². The second-order valence-electron chi connectivity index (χ2n) is 8.29. The Balaban J connectivity index is 1.65. The van der Waals surface area contributed by atoms with Crippen molar-refractivity contribution in [2.24, 2.45) is 17.8 Å². The van der Waals surface area contributed by atoms with E-state index < -0.39 is 5.60 Å². The number of ether oxygens (including phenoxy) is 1. The number of hydrogen-bond donors (Lipinski definition) is 1. The first-order chi connectivity index (χ1) is 11.3. The lowest BCUT2D eigenvalue weighted by Crippen LogP contribution is -2.37. The highest BCUT2D eigenvalue weighted by Crippen LogP contribution is 2.30. The van der Waals surface area contributed by atoms with Crippen LogP contribution in [-0.2, 0) is 9.53 Å². The van der Waals surface area contributed by atoms with E-state index in [0.717, 1.165) is 38.8 Å². The molecule has 1 aliphatic heterocycles. The van der Waals surface area contributed by atoms with Crippen LogP contribution in [0.25, 0.3) is 0 Å². The monoisotopic (exact) mass is 358 g/mol. The number of nitrogens with one attached hydrogen (secondary N) is 1. The van der Waals surface area contributed by atoms with Gasteiger partial charge in [-0.15, -0.1) is 11.6 Å². The van der Waals surface area contributed by atoms with E-state index in [2.05, 4.69) is 5.32 Å². The summed E-state index contributed by atoms with van der Waals surface area (Å²) in [5.41, 5.74) is -0.453. The molecule has 2 aliphatic rings. The van der Waals surface area contributed by atoms with Crippen molar-refractivity contribution < 1.29 is 14.3 Å². The largest absolute Gasteiger partial charge is 0.444 e. The van der Waals surface area contributed by atoms with Gasteiger partial charge in [-0.25, -0.2) is 4.79 Å². The standard InChI is InChI=1S/C18H31ClN2O3/c1-18(2,3)24-17(23)20-10-13-4-6-14(7-5-13)11-21-12-15(9-19)8-16(21)22/h13-15H,4-12H2,1-3H3,(H,20,23). The Labute approximate surface area is 150 Å². The molecule has 0 aromatic rings. The minimum Gasteiger partial charge on any atom is -0.444 e. The Morgan fingerprint density at radius 1 is 1.21 bits per heavy atom. The normalized spacial score (nSPS) is 28.1. The first-order valence-electron chi connectivity index (χ1n) is 9.07. The van der Waals surface area contributed by atoms with Crippen LogP contribution in [-0.4, -0.2) is 48.0 Å². The molecule has 1 saturated heterocycles. The number of halogens is 1. The van der Waals surface area contributed by atoms with E-state index in [1.807, 2.05) is 25.7 Å². The Morgan fingerprint density at radius 2 is 1.83 bits per heavy atom. The summed E-state index contributed by atoms with van der Waals surface area (Å²) in [5.74, 6) is 2.26. The average molecular weight is 359 g/mol. The fourth-order valence-electron chi connectivity index (χ4n) is 3.61. The predicted molar refractivity (Wildman–Crippen MR) is 95.1 cm³/mol. The van der Waals surface area contributed by atoms with Crippen LogP contribution in [0.2, 0.25) is 0 Å². The molecule has 0 aromatic heterocycles. The Hall–Kier alpha value is -0.970. The minimum atomic E-state index is -0.453. The van der Waals surface area contributed by atoms with Gasteiger partial charge in [-0.05, 0) is 64.2 Å². The van der Waals surface area contributed by atoms with E-state index in [-0.39, 0.29) is 12.0 Å². The van der Waals surface area contributed by atoms with E-state index in [9.17, 15) is 9.59 Å². The molecule has 0 radical (unpaired) electrons. The lowest BCUT2D eigenvalue weighted by molar-refractivity contribution is -0.128. The highest BCUT2D eigenvalue weighted by atomic mass is 35.5. The SMILES string of the molecule is CC(C)(C)OC(=O)NCC1CCC(CN2CC(CCl)CC2=O)CC1. The summed E-state index contributed by atoms with van der Waals surface area (Å²) in [4.78, 5) is 25.7. The van der Waals surface area contributed by atoms with Crippen molar-refractivity contribution in [3.63, 3.8) is 0 Å². The Morgan fingerprint density at radius 3 is 2.38 bits per heavy atom. The number of carbonyl (C=O) groups is 2. The molecule has 1 N–H and O–H groups in total. The van der Waals surface area contributed by atoms with Crippen molar-refractivity contribution in [2.75, 3.05) is 25.5 Å². The maximum Gasteiger partial charge on any atom is 0.407 e. The van der Waals surface area contributed by atoms with Gasteiger partial charge < -0.3 is 15.0 Å². The molecule has 138 valence electrons. The summed E-state index contributed by atoms with van der Waals surface area (Å²) >= 11 is 5.88. The first-order valence-corrected chi connectivity index (χ1v) is 9.61. The number of nitrogens with zero attached hydrogens (tertiary/aromatic N) is 1. The van der Waals surface area contributed by atoms with Gasteiger partial charge in [0.15, 0.2) is 0 Å². The zero-order valence-corrected chi connectivity index (χ0v) is 15.9. The van der Waals surface area contributed by atoms with Crippen molar-refractivity contribution in [2.45, 2.75) is 58.5 Å². The molecular formula is C18H31ClN2O3. The van der Waals surface area contributed by atoms with Crippen molar-refractivity contribution >= 4 is 23.6 Å². The summed E-state index contributed by atoms with van der Waals surface area (Å²) in [7, 11) is 0. The summed E-state index contributed by atoms with van der Waals surface area (Å²) in [6.45, 7) is 7.98. The molecule has 2 rings (SSSR count). The number of carbonyl (C=O) groups excluding carboxylic acids is 2. The number of alkyl halides is 1. The highest BCUT2D eigenvalue weighted by Gasteiger charge is 2.31. The van der Waals surface area contributed by atoms with E-state index in [1.165, 1.54) is 0 Å². The summed E-state index contributed by atoms with van der Waals surface area (Å²) in [6, 6.07) is 0. The van der Waals surface area contributed by atoms with E-state index >= 15 is 0 Å². The number of hydrogen-bond acceptors (Lipinski definition) is 3. The van der Waals surface area contributed by atoms with Gasteiger partial charge in [-0.1, -0.05) is 0 Å². The topological polar surface area (TPSA) is 58.6 Å². The third kappa shape index (κ3) is 6.15. The smallest absolute Gasteiger partial charge is 0.407 e. The number of likely N-dealkylation sites (tertiary alicyclic amines) is 1. The molecule has 2 fully saturated rings. The van der Waals surface area contributed by atoms with Gasteiger partial charge in [0.05, 0.1) is 0 Å². The van der Waals surface area contributed by atoms with Gasteiger partial charge in [0.2, 0.25) is 5.91 Å². The minimum absolute atomic E-state index is 0.259. The molecule has 1 atom stereocenters. The van der Waals surface area contributed by atoms with Crippen LogP contribution in [0.4, 0.5) is 4.79 Å². The van der Waals surface area contributed by atoms with E-state index in [0.29, 0.717) is 36.6 Å². The second-order valence-corrected chi connectivity index (χ2v) is 8.60. The van der Waals surface area contributed by atoms with Crippen molar-refractivity contribution in [1.82, 2.24) is 10.2 Å². The number of rotatable bonds is 5. The molecule has 0 aromatic carbocycles. The summed E-state index contributed by atoms with van der Waals surface area (Å²) < 4.78 is 5.27. The lowest BCUT2D eigenvalue weighted by atomic mass is 9.81. The molecule has 5 nitrogen and oxygen atoms in total. The van der Waals surface area contributed by atoms with Crippen LogP contribution in [0.5, 0.6) is 0 Å². The second kappa shape index (κ2) is 8.41. The van der Waals surface area contributed by atoms with Crippen LogP contribution in [0.1, 0.15) is 52.9 Å². The maximum atomic E-state index is 12.0. The fourth-order valence-corrected chi connectivity index (χ4v) is 3.81. The fraction of sp³-hybridized carbons (Fsp3) is 0.889. The quantitative estimate of drug-likeness (QED) is 0.766. The maximum absolute atomic E-state index is 12.0. The van der Waals surface area contributed by atoms with E-state index in [4.69, 9.17) is 16.3 Å². The van der Waals surface area contributed by atoms with Crippen molar-refractivity contribution in [3.05, 3.63) is 0 Å². The molecule has 1 saturated carbocycles. The molecule has 0 spiro atoms. The van der Waals surface area contributed by atoms with Gasteiger partial charge in [0.1, 0.15) is 5.60 Å². The van der Waals surface area contributed by atoms with Gasteiger partial charge in [0.25, 0.3) is 0 Å². The third-order valence-electron chi connectivity index (χ3n) is 4.89. The molecule has 1 heterocycles. The number of amides is 2. The molecule has 1 aliphatic carbocycles. The summed E-state index contributed by atoms with van der Waals surface area (Å²) in [5, 5.41) is 2.88. The Kier molecular flexibility index (Phi) is 6.79. The molecule has 0 bridgehead atoms. The van der Waals surface area contributed by atoms with Gasteiger partial charge in [-0.3, -0.25) is 4.79 Å². The van der Waals surface area contributed by atoms with Gasteiger partial charge in [-0.2, -0.15) is 0 Å². The van der Waals surface area contributed by atoms with Crippen LogP contribution in [0.3, 0.4) is 0 Å². The third-order valence-corrected chi connectivity index (χ3v) is 5.33. The first kappa shape index (κ1) is 19.4. The zero-order chi connectivity index (χ0) is 17.7. The van der Waals surface area contributed by atoms with E-state index in [1.54, 1.807) is 0 Å². The van der Waals surface area contributed by atoms with Crippen molar-refractivity contribution in [3.8, 4) is 0 Å². The lowest BCUT2D eigenvalue weighted by Gasteiger charge is -2.31. The van der Waals surface area contributed by atoms with Gasteiger partial charge >= 0.3 is 6.09 Å². The molecule has 1 unspecified atom stereocenters. The molecule has 24 heavy (non-hydrogen) atoms.